The number of carboxylic acid groups (broad SMARTS) is 1. The third kappa shape index (κ3) is 3.69. The monoisotopic (exact) mass is 284 g/mol. The van der Waals surface area contributed by atoms with Crippen molar-refractivity contribution < 1.29 is 19.4 Å². The van der Waals surface area contributed by atoms with E-state index < -0.39 is 5.97 Å². The molecule has 0 amide bonds. The Hall–Kier alpha value is -2.62. The lowest BCUT2D eigenvalue weighted by molar-refractivity contribution is 0.0377. The summed E-state index contributed by atoms with van der Waals surface area (Å²) in [7, 11) is 0. The number of esters is 1. The predicted molar refractivity (Wildman–Crippen MR) is 79.4 cm³/mol. The van der Waals surface area contributed by atoms with Crippen LogP contribution in [0.5, 0.6) is 0 Å². The van der Waals surface area contributed by atoms with Crippen LogP contribution in [0.25, 0.3) is 11.1 Å². The van der Waals surface area contributed by atoms with Gasteiger partial charge in [-0.3, -0.25) is 0 Å². The Morgan fingerprint density at radius 3 is 1.67 bits per heavy atom. The first kappa shape index (κ1) is 14.8. The zero-order valence-corrected chi connectivity index (χ0v) is 11.9. The lowest BCUT2D eigenvalue weighted by Gasteiger charge is -2.08. The van der Waals surface area contributed by atoms with Crippen LogP contribution in [0.4, 0.5) is 0 Å². The maximum atomic E-state index is 11.7. The fourth-order valence-corrected chi connectivity index (χ4v) is 1.89. The molecule has 0 heterocycles. The van der Waals surface area contributed by atoms with E-state index in [1.807, 2.05) is 12.1 Å². The van der Waals surface area contributed by atoms with Crippen molar-refractivity contribution in [1.29, 1.82) is 0 Å². The van der Waals surface area contributed by atoms with Crippen molar-refractivity contribution >= 4 is 11.9 Å². The summed E-state index contributed by atoms with van der Waals surface area (Å²) < 4.78 is 5.12. The average molecular weight is 284 g/mol. The van der Waals surface area contributed by atoms with Crippen LogP contribution in [-0.2, 0) is 4.74 Å². The number of hydrogen-bond acceptors (Lipinski definition) is 3. The second-order valence-electron chi connectivity index (χ2n) is 4.91. The van der Waals surface area contributed by atoms with Crippen LogP contribution in [0, 0.1) is 0 Å². The van der Waals surface area contributed by atoms with Crippen LogP contribution in [0.2, 0.25) is 0 Å². The molecule has 0 aliphatic rings. The van der Waals surface area contributed by atoms with Gasteiger partial charge in [0.25, 0.3) is 0 Å². The van der Waals surface area contributed by atoms with E-state index in [2.05, 4.69) is 0 Å². The molecule has 4 nitrogen and oxygen atoms in total. The normalized spacial score (nSPS) is 10.4. The highest BCUT2D eigenvalue weighted by molar-refractivity contribution is 5.90. The Balaban J connectivity index is 2.18. The number of carbonyl (C=O) groups is 2. The standard InChI is InChI=1S/C17H16O4/c1-11(2)21-17(20)15-9-5-13(6-10-15)12-3-7-14(8-4-12)16(18)19/h3-11H,1-2H3,(H,18,19). The highest BCUT2D eigenvalue weighted by Gasteiger charge is 2.09. The molecule has 0 atom stereocenters. The number of carboxylic acids is 1. The Morgan fingerprint density at radius 2 is 1.29 bits per heavy atom. The van der Waals surface area contributed by atoms with Gasteiger partial charge in [-0.05, 0) is 49.2 Å². The number of ether oxygens (including phenoxy) is 1. The number of hydrogen-bond donors (Lipinski definition) is 1. The highest BCUT2D eigenvalue weighted by Crippen LogP contribution is 2.21. The molecule has 2 aromatic rings. The van der Waals surface area contributed by atoms with Gasteiger partial charge in [-0.1, -0.05) is 24.3 Å². The minimum absolute atomic E-state index is 0.152. The molecular formula is C17H16O4. The van der Waals surface area contributed by atoms with Crippen molar-refractivity contribution in [3.8, 4) is 11.1 Å². The van der Waals surface area contributed by atoms with Crippen LogP contribution in [0.1, 0.15) is 34.6 Å². The molecule has 0 bridgehead atoms. The summed E-state index contributed by atoms with van der Waals surface area (Å²) in [5.74, 6) is -1.30. The van der Waals surface area contributed by atoms with Crippen molar-refractivity contribution in [2.75, 3.05) is 0 Å². The minimum atomic E-state index is -0.951. The van der Waals surface area contributed by atoms with E-state index >= 15 is 0 Å². The van der Waals surface area contributed by atoms with Gasteiger partial charge in [-0.2, -0.15) is 0 Å². The summed E-state index contributed by atoms with van der Waals surface area (Å²) in [4.78, 5) is 22.5. The molecular weight excluding hydrogens is 268 g/mol. The molecule has 0 fully saturated rings. The first-order valence-corrected chi connectivity index (χ1v) is 6.62. The van der Waals surface area contributed by atoms with E-state index in [0.717, 1.165) is 11.1 Å². The third-order valence-electron chi connectivity index (χ3n) is 2.93. The Labute approximate surface area is 123 Å². The summed E-state index contributed by atoms with van der Waals surface area (Å²) in [5, 5.41) is 8.86. The van der Waals surface area contributed by atoms with Gasteiger partial charge in [0.15, 0.2) is 0 Å². The van der Waals surface area contributed by atoms with E-state index in [4.69, 9.17) is 9.84 Å². The van der Waals surface area contributed by atoms with Gasteiger partial charge in [0.1, 0.15) is 0 Å². The molecule has 0 radical (unpaired) electrons. The molecule has 0 aliphatic carbocycles. The molecule has 4 heteroatoms. The third-order valence-corrected chi connectivity index (χ3v) is 2.93. The predicted octanol–water partition coefficient (Wildman–Crippen LogP) is 3.62. The molecule has 2 aromatic carbocycles. The summed E-state index contributed by atoms with van der Waals surface area (Å²) in [6, 6.07) is 13.6. The number of rotatable bonds is 4. The second-order valence-corrected chi connectivity index (χ2v) is 4.91. The largest absolute Gasteiger partial charge is 0.478 e. The van der Waals surface area contributed by atoms with Gasteiger partial charge < -0.3 is 9.84 Å². The van der Waals surface area contributed by atoms with E-state index in [1.165, 1.54) is 0 Å². The molecule has 0 saturated carbocycles. The maximum absolute atomic E-state index is 11.7. The zero-order valence-electron chi connectivity index (χ0n) is 11.9. The van der Waals surface area contributed by atoms with Crippen molar-refractivity contribution in [1.82, 2.24) is 0 Å². The fraction of sp³-hybridized carbons (Fsp3) is 0.176. The lowest BCUT2D eigenvalue weighted by atomic mass is 10.0. The molecule has 108 valence electrons. The Bertz CT molecular complexity index is 639. The van der Waals surface area contributed by atoms with Crippen LogP contribution in [-0.4, -0.2) is 23.1 Å². The first-order valence-electron chi connectivity index (χ1n) is 6.62. The molecule has 0 saturated heterocycles. The average Bonchev–Trinajstić information content (AvgIpc) is 2.47. The Morgan fingerprint density at radius 1 is 0.857 bits per heavy atom. The molecule has 2 rings (SSSR count). The van der Waals surface area contributed by atoms with Crippen molar-refractivity contribution in [3.63, 3.8) is 0 Å². The smallest absolute Gasteiger partial charge is 0.338 e. The molecule has 0 aliphatic heterocycles. The molecule has 0 spiro atoms. The first-order chi connectivity index (χ1) is 9.97. The molecule has 21 heavy (non-hydrogen) atoms. The van der Waals surface area contributed by atoms with Crippen LogP contribution < -0.4 is 0 Å². The maximum Gasteiger partial charge on any atom is 0.338 e. The topological polar surface area (TPSA) is 63.6 Å². The SMILES string of the molecule is CC(C)OC(=O)c1ccc(-c2ccc(C(=O)O)cc2)cc1. The van der Waals surface area contributed by atoms with E-state index in [0.29, 0.717) is 5.56 Å². The van der Waals surface area contributed by atoms with Gasteiger partial charge in [0.2, 0.25) is 0 Å². The summed E-state index contributed by atoms with van der Waals surface area (Å²) in [5.41, 5.74) is 2.54. The molecule has 0 unspecified atom stereocenters. The van der Waals surface area contributed by atoms with Gasteiger partial charge in [-0.15, -0.1) is 0 Å². The zero-order chi connectivity index (χ0) is 15.4. The summed E-state index contributed by atoms with van der Waals surface area (Å²) in [6.45, 7) is 3.60. The van der Waals surface area contributed by atoms with Gasteiger partial charge in [0, 0.05) is 0 Å². The fourth-order valence-electron chi connectivity index (χ4n) is 1.89. The van der Waals surface area contributed by atoms with Gasteiger partial charge in [0.05, 0.1) is 17.2 Å². The van der Waals surface area contributed by atoms with Crippen molar-refractivity contribution in [3.05, 3.63) is 59.7 Å². The highest BCUT2D eigenvalue weighted by atomic mass is 16.5. The van der Waals surface area contributed by atoms with Crippen LogP contribution in [0.15, 0.2) is 48.5 Å². The van der Waals surface area contributed by atoms with Crippen molar-refractivity contribution in [2.45, 2.75) is 20.0 Å². The van der Waals surface area contributed by atoms with Crippen LogP contribution in [0.3, 0.4) is 0 Å². The summed E-state index contributed by atoms with van der Waals surface area (Å²) in [6.07, 6.45) is -0.152. The van der Waals surface area contributed by atoms with E-state index in [9.17, 15) is 9.59 Å². The Kier molecular flexibility index (Phi) is 4.38. The van der Waals surface area contributed by atoms with Gasteiger partial charge >= 0.3 is 11.9 Å². The van der Waals surface area contributed by atoms with Gasteiger partial charge in [-0.25, -0.2) is 9.59 Å². The molecule has 1 N–H and O–H groups in total. The quantitative estimate of drug-likeness (QED) is 0.871. The van der Waals surface area contributed by atoms with Crippen LogP contribution >= 0.6 is 0 Å². The summed E-state index contributed by atoms with van der Waals surface area (Å²) >= 11 is 0. The number of carbonyl (C=O) groups excluding carboxylic acids is 1. The van der Waals surface area contributed by atoms with E-state index in [-0.39, 0.29) is 17.6 Å². The van der Waals surface area contributed by atoms with Crippen molar-refractivity contribution in [2.24, 2.45) is 0 Å². The lowest BCUT2D eigenvalue weighted by Crippen LogP contribution is -2.11. The second kappa shape index (κ2) is 6.22. The number of aromatic carboxylic acids is 1. The van der Waals surface area contributed by atoms with E-state index in [1.54, 1.807) is 50.2 Å². The number of benzene rings is 2. The molecule has 0 aromatic heterocycles. The minimum Gasteiger partial charge on any atom is -0.478 e.